The number of sulfonamides is 1. The highest BCUT2D eigenvalue weighted by Crippen LogP contribution is 2.29. The predicted molar refractivity (Wildman–Crippen MR) is 114 cm³/mol. The molecular formula is C19H22ClN3O5S. The van der Waals surface area contributed by atoms with Crippen molar-refractivity contribution in [3.63, 3.8) is 0 Å². The third kappa shape index (κ3) is 5.24. The van der Waals surface area contributed by atoms with E-state index in [1.807, 2.05) is 0 Å². The van der Waals surface area contributed by atoms with Gasteiger partial charge in [0.1, 0.15) is 6.04 Å². The quantitative estimate of drug-likeness (QED) is 0.517. The Morgan fingerprint density at radius 2 is 1.83 bits per heavy atom. The predicted octanol–water partition coefficient (Wildman–Crippen LogP) is 4.05. The van der Waals surface area contributed by atoms with Crippen LogP contribution < -0.4 is 9.62 Å². The molecule has 2 aromatic carbocycles. The number of benzene rings is 2. The van der Waals surface area contributed by atoms with Crippen LogP contribution in [-0.4, -0.2) is 31.5 Å². The summed E-state index contributed by atoms with van der Waals surface area (Å²) < 4.78 is 26.0. The van der Waals surface area contributed by atoms with Gasteiger partial charge in [0.25, 0.3) is 5.69 Å². The molecule has 2 aromatic rings. The summed E-state index contributed by atoms with van der Waals surface area (Å²) in [7, 11) is -3.82. The van der Waals surface area contributed by atoms with E-state index in [0.29, 0.717) is 10.6 Å². The van der Waals surface area contributed by atoms with E-state index in [9.17, 15) is 23.3 Å². The minimum Gasteiger partial charge on any atom is -0.324 e. The second-order valence-corrected chi connectivity index (χ2v) is 8.93. The second-order valence-electron chi connectivity index (χ2n) is 6.66. The number of carbonyl (C=O) groups is 1. The summed E-state index contributed by atoms with van der Waals surface area (Å²) in [6, 6.07) is 7.77. The van der Waals surface area contributed by atoms with Crippen LogP contribution >= 0.6 is 11.6 Å². The third-order valence-corrected chi connectivity index (χ3v) is 6.02. The average molecular weight is 440 g/mol. The van der Waals surface area contributed by atoms with Crippen molar-refractivity contribution >= 4 is 44.6 Å². The summed E-state index contributed by atoms with van der Waals surface area (Å²) in [5.41, 5.74) is 1.72. The molecule has 29 heavy (non-hydrogen) atoms. The van der Waals surface area contributed by atoms with Gasteiger partial charge in [-0.25, -0.2) is 8.42 Å². The average Bonchev–Trinajstić information content (AvgIpc) is 2.62. The number of carbonyl (C=O) groups excluding carboxylic acids is 1. The van der Waals surface area contributed by atoms with Gasteiger partial charge in [0.05, 0.1) is 22.6 Å². The SMILES string of the molecule is CC[C@H](C(=O)Nc1cc([N+](=O)[O-])ccc1C)N(c1ccc(C)c(Cl)c1)S(C)(=O)=O. The molecule has 0 aromatic heterocycles. The van der Waals surface area contributed by atoms with Crippen LogP contribution in [0.25, 0.3) is 0 Å². The maximum atomic E-state index is 13.0. The number of nitro benzene ring substituents is 1. The maximum Gasteiger partial charge on any atom is 0.271 e. The normalized spacial score (nSPS) is 12.3. The van der Waals surface area contributed by atoms with E-state index >= 15 is 0 Å². The van der Waals surface area contributed by atoms with E-state index < -0.39 is 26.9 Å². The van der Waals surface area contributed by atoms with Gasteiger partial charge in [0.15, 0.2) is 0 Å². The molecule has 1 amide bonds. The van der Waals surface area contributed by atoms with Crippen LogP contribution in [0.3, 0.4) is 0 Å². The Balaban J connectivity index is 2.45. The van der Waals surface area contributed by atoms with Crippen LogP contribution in [-0.2, 0) is 14.8 Å². The lowest BCUT2D eigenvalue weighted by Gasteiger charge is -2.30. The Morgan fingerprint density at radius 3 is 2.34 bits per heavy atom. The van der Waals surface area contributed by atoms with Crippen LogP contribution in [0.1, 0.15) is 24.5 Å². The van der Waals surface area contributed by atoms with Crippen molar-refractivity contribution in [3.8, 4) is 0 Å². The fourth-order valence-corrected chi connectivity index (χ4v) is 4.23. The van der Waals surface area contributed by atoms with E-state index in [1.54, 1.807) is 32.9 Å². The Morgan fingerprint density at radius 1 is 1.21 bits per heavy atom. The van der Waals surface area contributed by atoms with Crippen molar-refractivity contribution in [1.29, 1.82) is 0 Å². The highest BCUT2D eigenvalue weighted by Gasteiger charge is 2.32. The lowest BCUT2D eigenvalue weighted by molar-refractivity contribution is -0.384. The number of halogens is 1. The largest absolute Gasteiger partial charge is 0.324 e. The molecule has 0 saturated carbocycles. The summed E-state index contributed by atoms with van der Waals surface area (Å²) in [4.78, 5) is 23.4. The second kappa shape index (κ2) is 8.79. The molecule has 1 atom stereocenters. The molecule has 0 saturated heterocycles. The molecule has 0 aliphatic rings. The van der Waals surface area contributed by atoms with Crippen LogP contribution in [0.5, 0.6) is 0 Å². The maximum absolute atomic E-state index is 13.0. The topological polar surface area (TPSA) is 110 Å². The number of rotatable bonds is 7. The number of anilines is 2. The smallest absolute Gasteiger partial charge is 0.271 e. The molecule has 0 spiro atoms. The first-order valence-electron chi connectivity index (χ1n) is 8.77. The molecule has 1 N–H and O–H groups in total. The number of amides is 1. The molecule has 0 aliphatic heterocycles. The van der Waals surface area contributed by atoms with Gasteiger partial charge in [-0.05, 0) is 43.5 Å². The van der Waals surface area contributed by atoms with Crippen LogP contribution in [0.2, 0.25) is 5.02 Å². The van der Waals surface area contributed by atoms with Crippen LogP contribution in [0.15, 0.2) is 36.4 Å². The standard InChI is InChI=1S/C19H22ClN3O5S/c1-5-18(19(24)21-17-11-15(23(25)26)9-7-13(17)3)22(29(4,27)28)14-8-6-12(2)16(20)10-14/h6-11,18H,5H2,1-4H3,(H,21,24)/t18-/m1/s1. The summed E-state index contributed by atoms with van der Waals surface area (Å²) in [6.45, 7) is 5.15. The van der Waals surface area contributed by atoms with Crippen molar-refractivity contribution in [2.75, 3.05) is 15.9 Å². The highest BCUT2D eigenvalue weighted by molar-refractivity contribution is 7.92. The van der Waals surface area contributed by atoms with Gasteiger partial charge in [-0.3, -0.25) is 19.2 Å². The summed E-state index contributed by atoms with van der Waals surface area (Å²) in [5.74, 6) is -0.599. The number of nitrogens with zero attached hydrogens (tertiary/aromatic N) is 2. The first kappa shape index (κ1) is 22.6. The van der Waals surface area contributed by atoms with Crippen LogP contribution in [0.4, 0.5) is 17.1 Å². The first-order valence-corrected chi connectivity index (χ1v) is 11.0. The van der Waals surface area contributed by atoms with E-state index in [0.717, 1.165) is 16.1 Å². The first-order chi connectivity index (χ1) is 13.5. The zero-order valence-electron chi connectivity index (χ0n) is 16.5. The van der Waals surface area contributed by atoms with Gasteiger partial charge in [-0.1, -0.05) is 30.7 Å². The molecule has 0 heterocycles. The molecule has 0 bridgehead atoms. The Bertz CT molecular complexity index is 1060. The summed E-state index contributed by atoms with van der Waals surface area (Å²) in [6.07, 6.45) is 1.19. The van der Waals surface area contributed by atoms with Crippen molar-refractivity contribution in [2.24, 2.45) is 0 Å². The molecule has 10 heteroatoms. The zero-order chi connectivity index (χ0) is 21.9. The molecule has 2 rings (SSSR count). The van der Waals surface area contributed by atoms with E-state index in [-0.39, 0.29) is 23.5 Å². The minimum atomic E-state index is -3.82. The Hall–Kier alpha value is -2.65. The van der Waals surface area contributed by atoms with Gasteiger partial charge in [0, 0.05) is 17.2 Å². The monoisotopic (exact) mass is 439 g/mol. The number of aryl methyl sites for hydroxylation is 2. The summed E-state index contributed by atoms with van der Waals surface area (Å²) >= 11 is 6.15. The molecule has 0 aliphatic carbocycles. The Labute approximate surface area is 174 Å². The molecule has 8 nitrogen and oxygen atoms in total. The fourth-order valence-electron chi connectivity index (χ4n) is 2.85. The number of hydrogen-bond acceptors (Lipinski definition) is 5. The molecular weight excluding hydrogens is 418 g/mol. The fraction of sp³-hybridized carbons (Fsp3) is 0.316. The molecule has 0 unspecified atom stereocenters. The highest BCUT2D eigenvalue weighted by atomic mass is 35.5. The number of non-ortho nitro benzene ring substituents is 1. The molecule has 156 valence electrons. The lowest BCUT2D eigenvalue weighted by Crippen LogP contribution is -2.47. The van der Waals surface area contributed by atoms with Crippen molar-refractivity contribution in [2.45, 2.75) is 33.2 Å². The van der Waals surface area contributed by atoms with E-state index in [2.05, 4.69) is 5.32 Å². The molecule has 0 radical (unpaired) electrons. The van der Waals surface area contributed by atoms with Crippen molar-refractivity contribution in [1.82, 2.24) is 0 Å². The third-order valence-electron chi connectivity index (χ3n) is 4.43. The van der Waals surface area contributed by atoms with Crippen molar-refractivity contribution < 1.29 is 18.1 Å². The van der Waals surface area contributed by atoms with E-state index in [1.165, 1.54) is 24.3 Å². The van der Waals surface area contributed by atoms with E-state index in [4.69, 9.17) is 11.6 Å². The lowest BCUT2D eigenvalue weighted by atomic mass is 10.1. The number of nitro groups is 1. The van der Waals surface area contributed by atoms with Gasteiger partial charge in [-0.15, -0.1) is 0 Å². The zero-order valence-corrected chi connectivity index (χ0v) is 18.0. The van der Waals surface area contributed by atoms with Gasteiger partial charge in [-0.2, -0.15) is 0 Å². The molecule has 0 fully saturated rings. The van der Waals surface area contributed by atoms with Crippen LogP contribution in [0, 0.1) is 24.0 Å². The van der Waals surface area contributed by atoms with Crippen molar-refractivity contribution in [3.05, 3.63) is 62.7 Å². The summed E-state index contributed by atoms with van der Waals surface area (Å²) in [5, 5.41) is 14.0. The number of nitrogens with one attached hydrogen (secondary N) is 1. The minimum absolute atomic E-state index is 0.177. The Kier molecular flexibility index (Phi) is 6.86. The number of hydrogen-bond donors (Lipinski definition) is 1. The van der Waals surface area contributed by atoms with Gasteiger partial charge >= 0.3 is 0 Å². The van der Waals surface area contributed by atoms with Gasteiger partial charge < -0.3 is 5.32 Å². The van der Waals surface area contributed by atoms with Gasteiger partial charge in [0.2, 0.25) is 15.9 Å².